The molecule has 154 valence electrons. The van der Waals surface area contributed by atoms with E-state index < -0.39 is 0 Å². The molecule has 1 aromatic heterocycles. The highest BCUT2D eigenvalue weighted by Gasteiger charge is 2.31. The van der Waals surface area contributed by atoms with Crippen LogP contribution in [0, 0.1) is 5.92 Å². The minimum atomic E-state index is 0.0420. The van der Waals surface area contributed by atoms with Gasteiger partial charge < -0.3 is 9.80 Å². The summed E-state index contributed by atoms with van der Waals surface area (Å²) < 4.78 is 0. The number of aromatic nitrogens is 1. The van der Waals surface area contributed by atoms with E-state index in [4.69, 9.17) is 0 Å². The summed E-state index contributed by atoms with van der Waals surface area (Å²) in [5.74, 6) is 0.386. The molecule has 4 rings (SSSR count). The highest BCUT2D eigenvalue weighted by Crippen LogP contribution is 2.22. The quantitative estimate of drug-likeness (QED) is 0.775. The van der Waals surface area contributed by atoms with Crippen LogP contribution in [0.2, 0.25) is 0 Å². The smallest absolute Gasteiger partial charge is 0.253 e. The van der Waals surface area contributed by atoms with E-state index in [1.54, 1.807) is 11.3 Å². The molecule has 0 radical (unpaired) electrons. The van der Waals surface area contributed by atoms with Crippen LogP contribution in [0.4, 0.5) is 0 Å². The lowest BCUT2D eigenvalue weighted by Crippen LogP contribution is -2.45. The number of thiazole rings is 1. The van der Waals surface area contributed by atoms with Gasteiger partial charge in [0.15, 0.2) is 0 Å². The van der Waals surface area contributed by atoms with Crippen molar-refractivity contribution in [1.29, 1.82) is 0 Å². The van der Waals surface area contributed by atoms with Crippen molar-refractivity contribution in [3.05, 3.63) is 52.5 Å². The van der Waals surface area contributed by atoms with Crippen LogP contribution in [-0.4, -0.2) is 70.8 Å². The number of carbonyl (C=O) groups is 2. The van der Waals surface area contributed by atoms with Gasteiger partial charge in [0.05, 0.1) is 6.54 Å². The maximum absolute atomic E-state index is 13.1. The Bertz CT molecular complexity index is 803. The number of piperidine rings is 1. The molecule has 0 bridgehead atoms. The zero-order valence-electron chi connectivity index (χ0n) is 16.7. The second-order valence-corrected chi connectivity index (χ2v) is 8.79. The fourth-order valence-electron chi connectivity index (χ4n) is 4.22. The largest absolute Gasteiger partial charge is 0.341 e. The molecule has 0 spiro atoms. The third-order valence-electron chi connectivity index (χ3n) is 5.89. The predicted molar refractivity (Wildman–Crippen MR) is 114 cm³/mol. The molecule has 0 saturated carbocycles. The Balaban J connectivity index is 1.26. The number of likely N-dealkylation sites (tertiary alicyclic amines) is 1. The lowest BCUT2D eigenvalue weighted by molar-refractivity contribution is -0.136. The van der Waals surface area contributed by atoms with Crippen LogP contribution in [-0.2, 0) is 11.3 Å². The summed E-state index contributed by atoms with van der Waals surface area (Å²) in [4.78, 5) is 36.4. The van der Waals surface area contributed by atoms with E-state index in [2.05, 4.69) is 9.88 Å². The van der Waals surface area contributed by atoms with Crippen molar-refractivity contribution in [2.45, 2.75) is 25.8 Å². The first-order chi connectivity index (χ1) is 14.2. The van der Waals surface area contributed by atoms with Crippen molar-refractivity contribution in [1.82, 2.24) is 19.7 Å². The molecule has 0 aliphatic carbocycles. The van der Waals surface area contributed by atoms with Gasteiger partial charge in [0, 0.05) is 62.3 Å². The van der Waals surface area contributed by atoms with Crippen LogP contribution in [0.1, 0.15) is 34.6 Å². The van der Waals surface area contributed by atoms with Crippen molar-refractivity contribution in [3.63, 3.8) is 0 Å². The van der Waals surface area contributed by atoms with Crippen LogP contribution < -0.4 is 0 Å². The van der Waals surface area contributed by atoms with Gasteiger partial charge in [-0.2, -0.15) is 0 Å². The van der Waals surface area contributed by atoms with Gasteiger partial charge in [0.25, 0.3) is 5.91 Å². The number of benzene rings is 1. The minimum Gasteiger partial charge on any atom is -0.341 e. The molecular weight excluding hydrogens is 384 g/mol. The third-order valence-corrected chi connectivity index (χ3v) is 6.66. The van der Waals surface area contributed by atoms with Crippen LogP contribution in [0.3, 0.4) is 0 Å². The van der Waals surface area contributed by atoms with E-state index >= 15 is 0 Å². The number of nitrogens with zero attached hydrogens (tertiary/aromatic N) is 4. The van der Waals surface area contributed by atoms with E-state index in [0.717, 1.165) is 62.6 Å². The zero-order valence-corrected chi connectivity index (χ0v) is 17.5. The number of amides is 2. The van der Waals surface area contributed by atoms with Crippen LogP contribution in [0.25, 0.3) is 0 Å². The Morgan fingerprint density at radius 1 is 0.966 bits per heavy atom. The average molecular weight is 413 g/mol. The summed E-state index contributed by atoms with van der Waals surface area (Å²) in [6, 6.07) is 9.41. The molecule has 1 aromatic carbocycles. The van der Waals surface area contributed by atoms with Gasteiger partial charge in [-0.1, -0.05) is 18.2 Å². The molecule has 29 heavy (non-hydrogen) atoms. The summed E-state index contributed by atoms with van der Waals surface area (Å²) >= 11 is 1.69. The summed E-state index contributed by atoms with van der Waals surface area (Å²) in [5.41, 5.74) is 0.727. The molecule has 2 aliphatic heterocycles. The van der Waals surface area contributed by atoms with Gasteiger partial charge in [0.2, 0.25) is 5.91 Å². The Labute approximate surface area is 176 Å². The van der Waals surface area contributed by atoms with Crippen molar-refractivity contribution < 1.29 is 9.59 Å². The molecule has 0 N–H and O–H groups in total. The van der Waals surface area contributed by atoms with E-state index in [-0.39, 0.29) is 17.7 Å². The summed E-state index contributed by atoms with van der Waals surface area (Å²) in [6.07, 6.45) is 4.37. The second-order valence-electron chi connectivity index (χ2n) is 7.81. The predicted octanol–water partition coefficient (Wildman–Crippen LogP) is 2.73. The molecule has 2 aliphatic rings. The van der Waals surface area contributed by atoms with Crippen molar-refractivity contribution in [3.8, 4) is 0 Å². The van der Waals surface area contributed by atoms with Crippen molar-refractivity contribution in [2.24, 2.45) is 5.92 Å². The zero-order chi connectivity index (χ0) is 20.1. The van der Waals surface area contributed by atoms with Gasteiger partial charge >= 0.3 is 0 Å². The molecule has 0 unspecified atom stereocenters. The molecule has 6 nitrogen and oxygen atoms in total. The normalized spacial score (nSPS) is 19.2. The molecule has 2 aromatic rings. The lowest BCUT2D eigenvalue weighted by atomic mass is 9.94. The van der Waals surface area contributed by atoms with Gasteiger partial charge in [-0.25, -0.2) is 4.98 Å². The van der Waals surface area contributed by atoms with Crippen LogP contribution >= 0.6 is 11.3 Å². The molecule has 2 saturated heterocycles. The van der Waals surface area contributed by atoms with Gasteiger partial charge in [-0.05, 0) is 31.4 Å². The average Bonchev–Trinajstić information content (AvgIpc) is 3.17. The molecule has 7 heteroatoms. The Kier molecular flexibility index (Phi) is 6.56. The summed E-state index contributed by atoms with van der Waals surface area (Å²) in [7, 11) is 0. The number of carbonyl (C=O) groups excluding carboxylic acids is 2. The fourth-order valence-corrected chi connectivity index (χ4v) is 4.88. The van der Waals surface area contributed by atoms with E-state index in [1.165, 1.54) is 0 Å². The Morgan fingerprint density at radius 3 is 2.48 bits per heavy atom. The van der Waals surface area contributed by atoms with Crippen LogP contribution in [0.15, 0.2) is 41.9 Å². The first kappa shape index (κ1) is 20.0. The number of rotatable bonds is 4. The van der Waals surface area contributed by atoms with Gasteiger partial charge in [0.1, 0.15) is 5.01 Å². The molecule has 2 fully saturated rings. The van der Waals surface area contributed by atoms with Gasteiger partial charge in [-0.15, -0.1) is 11.3 Å². The number of hydrogen-bond acceptors (Lipinski definition) is 5. The maximum atomic E-state index is 13.1. The Hall–Kier alpha value is -2.25. The van der Waals surface area contributed by atoms with E-state index in [1.807, 2.05) is 51.7 Å². The highest BCUT2D eigenvalue weighted by molar-refractivity contribution is 7.09. The molecular formula is C22H28N4O2S. The monoisotopic (exact) mass is 412 g/mol. The van der Waals surface area contributed by atoms with Crippen LogP contribution in [0.5, 0.6) is 0 Å². The van der Waals surface area contributed by atoms with E-state index in [0.29, 0.717) is 13.1 Å². The summed E-state index contributed by atoms with van der Waals surface area (Å²) in [5, 5.41) is 3.15. The SMILES string of the molecule is O=C(c1ccccc1)N1CCC(C(=O)N2CCCN(Cc3nccs3)CC2)CC1. The lowest BCUT2D eigenvalue weighted by Gasteiger charge is -2.34. The fraction of sp³-hybridized carbons (Fsp3) is 0.500. The highest BCUT2D eigenvalue weighted by atomic mass is 32.1. The van der Waals surface area contributed by atoms with Crippen molar-refractivity contribution >= 4 is 23.2 Å². The first-order valence-corrected chi connectivity index (χ1v) is 11.3. The molecule has 3 heterocycles. The standard InChI is InChI=1S/C22H28N4O2S/c27-21(18-5-2-1-3-6-18)26-12-7-19(8-13-26)22(28)25-11-4-10-24(14-15-25)17-20-23-9-16-29-20/h1-3,5-6,9,16,19H,4,7-8,10-15,17H2. The molecule has 0 atom stereocenters. The number of hydrogen-bond donors (Lipinski definition) is 0. The first-order valence-electron chi connectivity index (χ1n) is 10.4. The van der Waals surface area contributed by atoms with Crippen molar-refractivity contribution in [2.75, 3.05) is 39.3 Å². The Morgan fingerprint density at radius 2 is 1.76 bits per heavy atom. The molecule has 2 amide bonds. The minimum absolute atomic E-state index is 0.0420. The summed E-state index contributed by atoms with van der Waals surface area (Å²) in [6.45, 7) is 5.72. The van der Waals surface area contributed by atoms with E-state index in [9.17, 15) is 9.59 Å². The third kappa shape index (κ3) is 5.03. The second kappa shape index (κ2) is 9.50. The maximum Gasteiger partial charge on any atom is 0.253 e. The topological polar surface area (TPSA) is 56.8 Å². The van der Waals surface area contributed by atoms with Gasteiger partial charge in [-0.3, -0.25) is 14.5 Å².